The zero-order chi connectivity index (χ0) is 13.0. The highest BCUT2D eigenvalue weighted by Crippen LogP contribution is 2.20. The van der Waals surface area contributed by atoms with Crippen molar-refractivity contribution in [3.05, 3.63) is 35.9 Å². The van der Waals surface area contributed by atoms with Crippen molar-refractivity contribution in [3.63, 3.8) is 0 Å². The Morgan fingerprint density at radius 1 is 1.28 bits per heavy atom. The maximum Gasteiger partial charge on any atom is 0.0236 e. The number of benzene rings is 1. The Kier molecular flexibility index (Phi) is 4.41. The van der Waals surface area contributed by atoms with E-state index >= 15 is 0 Å². The van der Waals surface area contributed by atoms with Gasteiger partial charge in [0.2, 0.25) is 0 Å². The Bertz CT molecular complexity index is 359. The maximum absolute atomic E-state index is 3.65. The smallest absolute Gasteiger partial charge is 0.0236 e. The summed E-state index contributed by atoms with van der Waals surface area (Å²) in [6.07, 6.45) is 2.35. The highest BCUT2D eigenvalue weighted by molar-refractivity contribution is 5.16. The molecule has 2 nitrogen and oxygen atoms in total. The van der Waals surface area contributed by atoms with E-state index in [4.69, 9.17) is 0 Å². The third-order valence-electron chi connectivity index (χ3n) is 4.30. The quantitative estimate of drug-likeness (QED) is 0.878. The molecule has 100 valence electrons. The zero-order valence-electron chi connectivity index (χ0n) is 11.9. The lowest BCUT2D eigenvalue weighted by Gasteiger charge is -2.43. The molecule has 1 aromatic rings. The van der Waals surface area contributed by atoms with Crippen LogP contribution in [-0.4, -0.2) is 36.1 Å². The van der Waals surface area contributed by atoms with Crippen molar-refractivity contribution in [1.82, 2.24) is 10.2 Å². The van der Waals surface area contributed by atoms with Crippen LogP contribution >= 0.6 is 0 Å². The number of rotatable bonds is 4. The van der Waals surface area contributed by atoms with Crippen molar-refractivity contribution < 1.29 is 0 Å². The van der Waals surface area contributed by atoms with E-state index in [9.17, 15) is 0 Å². The van der Waals surface area contributed by atoms with Crippen molar-refractivity contribution in [2.75, 3.05) is 19.6 Å². The van der Waals surface area contributed by atoms with E-state index in [1.54, 1.807) is 0 Å². The van der Waals surface area contributed by atoms with Crippen molar-refractivity contribution in [1.29, 1.82) is 0 Å². The first-order chi connectivity index (χ1) is 8.62. The first-order valence-corrected chi connectivity index (χ1v) is 7.14. The summed E-state index contributed by atoms with van der Waals surface area (Å²) < 4.78 is 0. The number of nitrogens with zero attached hydrogens (tertiary/aromatic N) is 1. The first kappa shape index (κ1) is 13.6. The average Bonchev–Trinajstić information content (AvgIpc) is 2.40. The molecule has 0 saturated carbocycles. The van der Waals surface area contributed by atoms with E-state index < -0.39 is 0 Å². The fourth-order valence-corrected chi connectivity index (χ4v) is 2.63. The van der Waals surface area contributed by atoms with Gasteiger partial charge in [-0.25, -0.2) is 0 Å². The second-order valence-electron chi connectivity index (χ2n) is 5.95. The largest absolute Gasteiger partial charge is 0.311 e. The van der Waals surface area contributed by atoms with Crippen LogP contribution in [0.5, 0.6) is 0 Å². The van der Waals surface area contributed by atoms with Crippen LogP contribution in [0.15, 0.2) is 30.3 Å². The maximum atomic E-state index is 3.65. The topological polar surface area (TPSA) is 15.3 Å². The van der Waals surface area contributed by atoms with Gasteiger partial charge in [0.05, 0.1) is 0 Å². The minimum Gasteiger partial charge on any atom is -0.311 e. The van der Waals surface area contributed by atoms with Crippen LogP contribution in [0, 0.1) is 0 Å². The van der Waals surface area contributed by atoms with Gasteiger partial charge >= 0.3 is 0 Å². The van der Waals surface area contributed by atoms with Crippen LogP contribution in [0.2, 0.25) is 0 Å². The molecule has 2 heteroatoms. The summed E-state index contributed by atoms with van der Waals surface area (Å²) in [5.41, 5.74) is 1.77. The second kappa shape index (κ2) is 5.85. The van der Waals surface area contributed by atoms with E-state index in [1.807, 2.05) is 0 Å². The standard InChI is InChI=1S/C16H26N2/c1-4-16(2,3)18-11-10-17-15(13-18)12-14-8-6-5-7-9-14/h5-9,15,17H,4,10-13H2,1-3H3. The Morgan fingerprint density at radius 2 is 2.00 bits per heavy atom. The predicted octanol–water partition coefficient (Wildman–Crippen LogP) is 2.69. The fraction of sp³-hybridized carbons (Fsp3) is 0.625. The van der Waals surface area contributed by atoms with Gasteiger partial charge < -0.3 is 5.32 Å². The molecule has 0 radical (unpaired) electrons. The van der Waals surface area contributed by atoms with Gasteiger partial charge in [0, 0.05) is 31.2 Å². The summed E-state index contributed by atoms with van der Waals surface area (Å²) in [6, 6.07) is 11.4. The number of piperazine rings is 1. The highest BCUT2D eigenvalue weighted by atomic mass is 15.2. The summed E-state index contributed by atoms with van der Waals surface area (Å²) in [5.74, 6) is 0. The van der Waals surface area contributed by atoms with Crippen molar-refractivity contribution in [2.24, 2.45) is 0 Å². The van der Waals surface area contributed by atoms with Gasteiger partial charge in [0.25, 0.3) is 0 Å². The zero-order valence-corrected chi connectivity index (χ0v) is 11.9. The van der Waals surface area contributed by atoms with Crippen molar-refractivity contribution in [3.8, 4) is 0 Å². The Balaban J connectivity index is 1.95. The van der Waals surface area contributed by atoms with Crippen LogP contribution in [0.1, 0.15) is 32.8 Å². The van der Waals surface area contributed by atoms with E-state index in [1.165, 1.54) is 18.5 Å². The van der Waals surface area contributed by atoms with Crippen LogP contribution in [0.25, 0.3) is 0 Å². The molecule has 1 atom stereocenters. The van der Waals surface area contributed by atoms with E-state index in [0.29, 0.717) is 11.6 Å². The van der Waals surface area contributed by atoms with Gasteiger partial charge in [0.1, 0.15) is 0 Å². The summed E-state index contributed by atoms with van der Waals surface area (Å²) in [6.45, 7) is 10.5. The lowest BCUT2D eigenvalue weighted by molar-refractivity contribution is 0.0791. The fourth-order valence-electron chi connectivity index (χ4n) is 2.63. The summed E-state index contributed by atoms with van der Waals surface area (Å²) in [7, 11) is 0. The molecule has 1 unspecified atom stereocenters. The van der Waals surface area contributed by atoms with Gasteiger partial charge in [-0.2, -0.15) is 0 Å². The molecule has 0 bridgehead atoms. The molecule has 1 aliphatic heterocycles. The monoisotopic (exact) mass is 246 g/mol. The lowest BCUT2D eigenvalue weighted by Crippen LogP contribution is -2.58. The van der Waals surface area contributed by atoms with Crippen molar-refractivity contribution in [2.45, 2.75) is 45.2 Å². The van der Waals surface area contributed by atoms with Gasteiger partial charge in [-0.05, 0) is 32.3 Å². The third kappa shape index (κ3) is 3.33. The van der Waals surface area contributed by atoms with E-state index in [2.05, 4.69) is 61.3 Å². The normalized spacial score (nSPS) is 22.1. The Morgan fingerprint density at radius 3 is 2.67 bits per heavy atom. The SMILES string of the molecule is CCC(C)(C)N1CCNC(Cc2ccccc2)C1. The molecular formula is C16H26N2. The Hall–Kier alpha value is -0.860. The van der Waals surface area contributed by atoms with Gasteiger partial charge in [-0.15, -0.1) is 0 Å². The molecule has 1 aromatic carbocycles. The summed E-state index contributed by atoms with van der Waals surface area (Å²) in [4.78, 5) is 2.64. The number of hydrogen-bond donors (Lipinski definition) is 1. The number of hydrogen-bond acceptors (Lipinski definition) is 2. The molecule has 1 N–H and O–H groups in total. The van der Waals surface area contributed by atoms with Crippen LogP contribution in [0.4, 0.5) is 0 Å². The first-order valence-electron chi connectivity index (χ1n) is 7.14. The molecular weight excluding hydrogens is 220 g/mol. The van der Waals surface area contributed by atoms with Crippen LogP contribution < -0.4 is 5.32 Å². The van der Waals surface area contributed by atoms with E-state index in [-0.39, 0.29) is 0 Å². The average molecular weight is 246 g/mol. The Labute approximate surface area is 111 Å². The van der Waals surface area contributed by atoms with Gasteiger partial charge in [0.15, 0.2) is 0 Å². The van der Waals surface area contributed by atoms with Crippen LogP contribution in [-0.2, 0) is 6.42 Å². The molecule has 0 amide bonds. The van der Waals surface area contributed by atoms with Crippen LogP contribution in [0.3, 0.4) is 0 Å². The molecule has 0 spiro atoms. The predicted molar refractivity (Wildman–Crippen MR) is 77.9 cm³/mol. The molecule has 0 aliphatic carbocycles. The summed E-state index contributed by atoms with van der Waals surface area (Å²) in [5, 5.41) is 3.65. The highest BCUT2D eigenvalue weighted by Gasteiger charge is 2.29. The minimum absolute atomic E-state index is 0.330. The lowest BCUT2D eigenvalue weighted by atomic mass is 9.95. The molecule has 1 heterocycles. The number of nitrogens with one attached hydrogen (secondary N) is 1. The summed E-state index contributed by atoms with van der Waals surface area (Å²) >= 11 is 0. The van der Waals surface area contributed by atoms with Crippen molar-refractivity contribution >= 4 is 0 Å². The molecule has 1 fully saturated rings. The molecule has 2 rings (SSSR count). The molecule has 1 aliphatic rings. The second-order valence-corrected chi connectivity index (χ2v) is 5.95. The molecule has 1 saturated heterocycles. The third-order valence-corrected chi connectivity index (χ3v) is 4.30. The molecule has 18 heavy (non-hydrogen) atoms. The van der Waals surface area contributed by atoms with E-state index in [0.717, 1.165) is 19.5 Å². The molecule has 0 aromatic heterocycles. The minimum atomic E-state index is 0.330. The van der Waals surface area contributed by atoms with Gasteiger partial charge in [-0.1, -0.05) is 37.3 Å². The van der Waals surface area contributed by atoms with Gasteiger partial charge in [-0.3, -0.25) is 4.90 Å².